The van der Waals surface area contributed by atoms with Crippen LogP contribution in [0, 0.1) is 5.92 Å². The minimum atomic E-state index is -1.19. The van der Waals surface area contributed by atoms with E-state index in [1.165, 1.54) is 17.0 Å². The number of carbonyl (C=O) groups excluding carboxylic acids is 2. The first-order valence-corrected chi connectivity index (χ1v) is 12.8. The average molecular weight is 529 g/mol. The molecule has 0 spiro atoms. The molecule has 0 aromatic heterocycles. The fourth-order valence-electron chi connectivity index (χ4n) is 5.60. The maximum atomic E-state index is 13.1. The molecule has 5 rings (SSSR count). The lowest BCUT2D eigenvalue weighted by molar-refractivity contribution is -0.141. The molecule has 1 aliphatic heterocycles. The number of carbonyl (C=O) groups is 4. The Morgan fingerprint density at radius 1 is 0.846 bits per heavy atom. The molecular formula is C30H28N2O7. The number of fused-ring (bicyclic) bond motifs is 3. The molecule has 0 unspecified atom stereocenters. The van der Waals surface area contributed by atoms with E-state index < -0.39 is 30.0 Å². The van der Waals surface area contributed by atoms with Gasteiger partial charge in [-0.15, -0.1) is 0 Å². The van der Waals surface area contributed by atoms with Crippen LogP contribution in [0.5, 0.6) is 0 Å². The number of carboxylic acid groups (broad SMARTS) is 2. The fraction of sp³-hybridized carbons (Fsp3) is 0.267. The summed E-state index contributed by atoms with van der Waals surface area (Å²) in [5.74, 6) is -3.12. The third-order valence-electron chi connectivity index (χ3n) is 7.48. The van der Waals surface area contributed by atoms with Crippen LogP contribution >= 0.6 is 0 Å². The molecule has 1 heterocycles. The van der Waals surface area contributed by atoms with Crippen LogP contribution in [-0.4, -0.2) is 64.8 Å². The topological polar surface area (TPSA) is 133 Å². The van der Waals surface area contributed by atoms with Gasteiger partial charge in [0.05, 0.1) is 11.1 Å². The summed E-state index contributed by atoms with van der Waals surface area (Å²) in [4.78, 5) is 50.2. The Morgan fingerprint density at radius 3 is 2.05 bits per heavy atom. The largest absolute Gasteiger partial charge is 0.480 e. The van der Waals surface area contributed by atoms with Crippen molar-refractivity contribution in [1.29, 1.82) is 0 Å². The second-order valence-corrected chi connectivity index (χ2v) is 9.81. The number of ether oxygens (including phenoxy) is 1. The van der Waals surface area contributed by atoms with Gasteiger partial charge in [0.2, 0.25) is 0 Å². The summed E-state index contributed by atoms with van der Waals surface area (Å²) in [6, 6.07) is 20.9. The van der Waals surface area contributed by atoms with Crippen LogP contribution in [0.25, 0.3) is 11.1 Å². The van der Waals surface area contributed by atoms with Gasteiger partial charge < -0.3 is 20.3 Å². The van der Waals surface area contributed by atoms with Crippen LogP contribution in [0.3, 0.4) is 0 Å². The Labute approximate surface area is 225 Å². The SMILES string of the molecule is O=C(O)c1ccccc1C(=O)NCC[C@H]1C[C@H](C(=O)O)N(C(=O)OCC2c3ccccc3-c3ccccc32)C1. The van der Waals surface area contributed by atoms with Crippen molar-refractivity contribution in [3.8, 4) is 11.1 Å². The summed E-state index contributed by atoms with van der Waals surface area (Å²) in [6.07, 6.45) is -0.00913. The van der Waals surface area contributed by atoms with Crippen molar-refractivity contribution < 1.29 is 34.1 Å². The van der Waals surface area contributed by atoms with Crippen LogP contribution in [0.4, 0.5) is 4.79 Å². The van der Waals surface area contributed by atoms with Gasteiger partial charge in [-0.3, -0.25) is 9.69 Å². The van der Waals surface area contributed by atoms with E-state index in [0.717, 1.165) is 22.3 Å². The predicted molar refractivity (Wildman–Crippen MR) is 142 cm³/mol. The highest BCUT2D eigenvalue weighted by Gasteiger charge is 2.41. The van der Waals surface area contributed by atoms with Crippen molar-refractivity contribution in [2.75, 3.05) is 19.7 Å². The lowest BCUT2D eigenvalue weighted by Gasteiger charge is -2.22. The van der Waals surface area contributed by atoms with Gasteiger partial charge in [0.15, 0.2) is 0 Å². The molecule has 2 atom stereocenters. The third kappa shape index (κ3) is 5.20. The van der Waals surface area contributed by atoms with Crippen molar-refractivity contribution >= 4 is 23.9 Å². The molecule has 9 nitrogen and oxygen atoms in total. The second kappa shape index (κ2) is 11.0. The van der Waals surface area contributed by atoms with Crippen molar-refractivity contribution in [3.05, 3.63) is 95.1 Å². The third-order valence-corrected chi connectivity index (χ3v) is 7.48. The molecule has 0 bridgehead atoms. The lowest BCUT2D eigenvalue weighted by atomic mass is 9.98. The summed E-state index contributed by atoms with van der Waals surface area (Å²) >= 11 is 0. The van der Waals surface area contributed by atoms with Crippen LogP contribution in [0.1, 0.15) is 50.6 Å². The molecule has 0 saturated carbocycles. The molecule has 39 heavy (non-hydrogen) atoms. The highest BCUT2D eigenvalue weighted by Crippen LogP contribution is 2.44. The smallest absolute Gasteiger partial charge is 0.410 e. The maximum absolute atomic E-state index is 13.1. The Morgan fingerprint density at radius 2 is 1.44 bits per heavy atom. The predicted octanol–water partition coefficient (Wildman–Crippen LogP) is 4.23. The highest BCUT2D eigenvalue weighted by molar-refractivity contribution is 6.04. The van der Waals surface area contributed by atoms with E-state index in [9.17, 15) is 29.4 Å². The number of carboxylic acids is 2. The molecule has 2 amide bonds. The summed E-state index contributed by atoms with van der Waals surface area (Å²) in [6.45, 7) is 0.497. The van der Waals surface area contributed by atoms with Gasteiger partial charge >= 0.3 is 18.0 Å². The van der Waals surface area contributed by atoms with E-state index in [0.29, 0.717) is 6.42 Å². The van der Waals surface area contributed by atoms with Crippen LogP contribution in [-0.2, 0) is 9.53 Å². The molecule has 3 N–H and O–H groups in total. The summed E-state index contributed by atoms with van der Waals surface area (Å²) in [5.41, 5.74) is 4.31. The van der Waals surface area contributed by atoms with Crippen molar-refractivity contribution in [2.24, 2.45) is 5.92 Å². The van der Waals surface area contributed by atoms with Crippen LogP contribution < -0.4 is 5.32 Å². The van der Waals surface area contributed by atoms with Gasteiger partial charge in [-0.25, -0.2) is 14.4 Å². The lowest BCUT2D eigenvalue weighted by Crippen LogP contribution is -2.41. The number of rotatable bonds is 8. The zero-order valence-electron chi connectivity index (χ0n) is 21.1. The van der Waals surface area contributed by atoms with E-state index in [-0.39, 0.29) is 49.1 Å². The highest BCUT2D eigenvalue weighted by atomic mass is 16.6. The van der Waals surface area contributed by atoms with Crippen LogP contribution in [0.15, 0.2) is 72.8 Å². The van der Waals surface area contributed by atoms with E-state index in [2.05, 4.69) is 5.32 Å². The Hall–Kier alpha value is -4.66. The molecule has 1 aliphatic carbocycles. The first-order valence-electron chi connectivity index (χ1n) is 12.8. The first kappa shape index (κ1) is 26.0. The number of likely N-dealkylation sites (tertiary alicyclic amines) is 1. The monoisotopic (exact) mass is 528 g/mol. The first-order chi connectivity index (χ1) is 18.8. The number of aliphatic carboxylic acids is 1. The quantitative estimate of drug-likeness (QED) is 0.398. The molecule has 3 aromatic carbocycles. The van der Waals surface area contributed by atoms with Crippen molar-refractivity contribution in [2.45, 2.75) is 24.8 Å². The number of amides is 2. The molecule has 2 aliphatic rings. The minimum absolute atomic E-state index is 0.0556. The summed E-state index contributed by atoms with van der Waals surface area (Å²) in [5, 5.41) is 21.8. The van der Waals surface area contributed by atoms with Gasteiger partial charge in [-0.1, -0.05) is 60.7 Å². The molecule has 1 fully saturated rings. The number of nitrogens with one attached hydrogen (secondary N) is 1. The van der Waals surface area contributed by atoms with Gasteiger partial charge in [0, 0.05) is 19.0 Å². The Balaban J connectivity index is 1.19. The number of nitrogens with zero attached hydrogens (tertiary/aromatic N) is 1. The molecule has 9 heteroatoms. The van der Waals surface area contributed by atoms with Gasteiger partial charge in [-0.2, -0.15) is 0 Å². The van der Waals surface area contributed by atoms with Gasteiger partial charge in [0.25, 0.3) is 5.91 Å². The van der Waals surface area contributed by atoms with E-state index in [1.807, 2.05) is 48.5 Å². The normalized spacial score (nSPS) is 17.8. The minimum Gasteiger partial charge on any atom is -0.480 e. The number of hydrogen-bond acceptors (Lipinski definition) is 5. The van der Waals surface area contributed by atoms with Gasteiger partial charge in [0.1, 0.15) is 12.6 Å². The summed E-state index contributed by atoms with van der Waals surface area (Å²) < 4.78 is 5.69. The van der Waals surface area contributed by atoms with Gasteiger partial charge in [-0.05, 0) is 53.1 Å². The molecule has 0 radical (unpaired) electrons. The standard InChI is InChI=1S/C30H28N2O7/c33-27(23-11-5-6-12-24(23)28(34)35)31-14-13-18-15-26(29(36)37)32(16-18)30(38)39-17-25-21-9-3-1-7-19(21)20-8-2-4-10-22(20)25/h1-12,18,25-26H,13-17H2,(H,31,33)(H,34,35)(H,36,37)/t18-,26+/m0/s1. The molecule has 200 valence electrons. The Kier molecular flexibility index (Phi) is 7.31. The van der Waals surface area contributed by atoms with E-state index in [1.54, 1.807) is 12.1 Å². The summed E-state index contributed by atoms with van der Waals surface area (Å²) in [7, 11) is 0. The number of hydrogen-bond donors (Lipinski definition) is 3. The average Bonchev–Trinajstić information content (AvgIpc) is 3.51. The fourth-order valence-corrected chi connectivity index (χ4v) is 5.60. The zero-order chi connectivity index (χ0) is 27.5. The van der Waals surface area contributed by atoms with Crippen molar-refractivity contribution in [3.63, 3.8) is 0 Å². The maximum Gasteiger partial charge on any atom is 0.410 e. The number of aromatic carboxylic acids is 1. The van der Waals surface area contributed by atoms with Crippen molar-refractivity contribution in [1.82, 2.24) is 10.2 Å². The zero-order valence-corrected chi connectivity index (χ0v) is 21.1. The second-order valence-electron chi connectivity index (χ2n) is 9.81. The van der Waals surface area contributed by atoms with E-state index in [4.69, 9.17) is 4.74 Å². The molecular weight excluding hydrogens is 500 g/mol. The molecule has 1 saturated heterocycles. The van der Waals surface area contributed by atoms with Crippen LogP contribution in [0.2, 0.25) is 0 Å². The Bertz CT molecular complexity index is 1390. The number of benzene rings is 3. The molecule has 3 aromatic rings. The van der Waals surface area contributed by atoms with E-state index >= 15 is 0 Å².